The molecule has 12 heavy (non-hydrogen) atoms. The van der Waals surface area contributed by atoms with Crippen molar-refractivity contribution in [2.75, 3.05) is 6.61 Å². The molecule has 1 rings (SSSR count). The van der Waals surface area contributed by atoms with Gasteiger partial charge in [0.15, 0.2) is 0 Å². The molecule has 0 aromatic carbocycles. The van der Waals surface area contributed by atoms with Crippen LogP contribution < -0.4 is 0 Å². The van der Waals surface area contributed by atoms with Gasteiger partial charge in [-0.05, 0) is 32.6 Å². The van der Waals surface area contributed by atoms with E-state index in [1.165, 1.54) is 0 Å². The summed E-state index contributed by atoms with van der Waals surface area (Å²) in [7, 11) is 0. The Labute approximate surface area is 72.7 Å². The molecule has 0 bridgehead atoms. The maximum atomic E-state index is 10.4. The first-order valence-corrected chi connectivity index (χ1v) is 4.35. The van der Waals surface area contributed by atoms with Crippen LogP contribution in [0.1, 0.15) is 33.1 Å². The Balaban J connectivity index is 2.41. The van der Waals surface area contributed by atoms with Crippen LogP contribution >= 0.6 is 0 Å². The Kier molecular flexibility index (Phi) is 2.73. The van der Waals surface area contributed by atoms with Crippen LogP contribution in [0, 0.1) is 5.92 Å². The molecule has 1 aliphatic heterocycles. The third kappa shape index (κ3) is 2.81. The first-order valence-electron chi connectivity index (χ1n) is 4.35. The van der Waals surface area contributed by atoms with Gasteiger partial charge in [-0.15, -0.1) is 0 Å². The van der Waals surface area contributed by atoms with Gasteiger partial charge in [0.1, 0.15) is 0 Å². The molecule has 1 N–H and O–H groups in total. The molecule has 0 aliphatic carbocycles. The third-order valence-corrected chi connectivity index (χ3v) is 2.26. The largest absolute Gasteiger partial charge is 0.481 e. The van der Waals surface area contributed by atoms with E-state index in [1.807, 2.05) is 13.8 Å². The van der Waals surface area contributed by atoms with Crippen LogP contribution in [0.5, 0.6) is 0 Å². The summed E-state index contributed by atoms with van der Waals surface area (Å²) in [6.45, 7) is 4.73. The monoisotopic (exact) mass is 172 g/mol. The summed E-state index contributed by atoms with van der Waals surface area (Å²) in [6, 6.07) is 0. The van der Waals surface area contributed by atoms with Crippen LogP contribution in [-0.2, 0) is 9.53 Å². The normalized spacial score (nSPS) is 28.3. The molecule has 3 heteroatoms. The number of carbonyl (C=O) groups is 1. The average Bonchev–Trinajstić information content (AvgIpc) is 1.82. The standard InChI is InChI=1S/C9H16O3/c1-9(2)6-7(3-4-12-9)5-8(10)11/h7H,3-6H2,1-2H3,(H,10,11)/t7-/m1/s1. The molecule has 1 aliphatic rings. The number of hydrogen-bond donors (Lipinski definition) is 1. The van der Waals surface area contributed by atoms with E-state index in [4.69, 9.17) is 9.84 Å². The second kappa shape index (κ2) is 3.44. The van der Waals surface area contributed by atoms with E-state index in [0.29, 0.717) is 12.5 Å². The summed E-state index contributed by atoms with van der Waals surface area (Å²) in [6.07, 6.45) is 2.03. The van der Waals surface area contributed by atoms with Crippen molar-refractivity contribution in [3.05, 3.63) is 0 Å². The number of rotatable bonds is 2. The van der Waals surface area contributed by atoms with Crippen LogP contribution in [0.15, 0.2) is 0 Å². The molecule has 3 nitrogen and oxygen atoms in total. The minimum Gasteiger partial charge on any atom is -0.481 e. The maximum absolute atomic E-state index is 10.4. The fourth-order valence-electron chi connectivity index (χ4n) is 1.78. The summed E-state index contributed by atoms with van der Waals surface area (Å²) in [5.74, 6) is -0.399. The van der Waals surface area contributed by atoms with Crippen molar-refractivity contribution in [2.45, 2.75) is 38.7 Å². The lowest BCUT2D eigenvalue weighted by molar-refractivity contribution is -0.140. The molecule has 0 spiro atoms. The van der Waals surface area contributed by atoms with E-state index in [-0.39, 0.29) is 12.0 Å². The fraction of sp³-hybridized carbons (Fsp3) is 0.889. The third-order valence-electron chi connectivity index (χ3n) is 2.26. The van der Waals surface area contributed by atoms with Crippen molar-refractivity contribution >= 4 is 5.97 Å². The highest BCUT2D eigenvalue weighted by Gasteiger charge is 2.29. The molecule has 0 aromatic rings. The van der Waals surface area contributed by atoms with Gasteiger partial charge in [-0.1, -0.05) is 0 Å². The second-order valence-electron chi connectivity index (χ2n) is 4.06. The van der Waals surface area contributed by atoms with Gasteiger partial charge in [0, 0.05) is 13.0 Å². The van der Waals surface area contributed by atoms with Crippen molar-refractivity contribution < 1.29 is 14.6 Å². The van der Waals surface area contributed by atoms with Gasteiger partial charge in [-0.2, -0.15) is 0 Å². The molecule has 1 fully saturated rings. The Bertz CT molecular complexity index is 175. The Morgan fingerprint density at radius 3 is 2.83 bits per heavy atom. The summed E-state index contributed by atoms with van der Waals surface area (Å²) in [4.78, 5) is 10.4. The van der Waals surface area contributed by atoms with E-state index in [0.717, 1.165) is 12.8 Å². The predicted molar refractivity (Wildman–Crippen MR) is 45.0 cm³/mol. The molecule has 0 unspecified atom stereocenters. The van der Waals surface area contributed by atoms with Gasteiger partial charge in [0.25, 0.3) is 0 Å². The Morgan fingerprint density at radius 1 is 1.67 bits per heavy atom. The summed E-state index contributed by atoms with van der Waals surface area (Å²) in [5, 5.41) is 8.60. The fourth-order valence-corrected chi connectivity index (χ4v) is 1.78. The summed E-state index contributed by atoms with van der Waals surface area (Å²) in [5.41, 5.74) is -0.127. The molecule has 0 aromatic heterocycles. The smallest absolute Gasteiger partial charge is 0.303 e. The molecule has 1 saturated heterocycles. The number of carboxylic acids is 1. The lowest BCUT2D eigenvalue weighted by atomic mass is 9.86. The van der Waals surface area contributed by atoms with E-state index in [9.17, 15) is 4.79 Å². The minimum absolute atomic E-state index is 0.127. The van der Waals surface area contributed by atoms with Crippen molar-refractivity contribution in [1.82, 2.24) is 0 Å². The summed E-state index contributed by atoms with van der Waals surface area (Å²) < 4.78 is 5.48. The maximum Gasteiger partial charge on any atom is 0.303 e. The van der Waals surface area contributed by atoms with Gasteiger partial charge in [-0.25, -0.2) is 0 Å². The van der Waals surface area contributed by atoms with Crippen LogP contribution in [0.2, 0.25) is 0 Å². The zero-order chi connectivity index (χ0) is 9.19. The molecule has 70 valence electrons. The highest BCUT2D eigenvalue weighted by molar-refractivity contribution is 5.67. The first kappa shape index (κ1) is 9.52. The van der Waals surface area contributed by atoms with Gasteiger partial charge in [0.2, 0.25) is 0 Å². The average molecular weight is 172 g/mol. The van der Waals surface area contributed by atoms with Crippen molar-refractivity contribution in [2.24, 2.45) is 5.92 Å². The number of hydrogen-bond acceptors (Lipinski definition) is 2. The zero-order valence-electron chi connectivity index (χ0n) is 7.67. The van der Waals surface area contributed by atoms with Gasteiger partial charge >= 0.3 is 5.97 Å². The van der Waals surface area contributed by atoms with Crippen molar-refractivity contribution in [3.63, 3.8) is 0 Å². The van der Waals surface area contributed by atoms with Crippen molar-refractivity contribution in [1.29, 1.82) is 0 Å². The lowest BCUT2D eigenvalue weighted by Gasteiger charge is -2.34. The molecule has 1 heterocycles. The van der Waals surface area contributed by atoms with Crippen LogP contribution in [0.4, 0.5) is 0 Å². The highest BCUT2D eigenvalue weighted by atomic mass is 16.5. The predicted octanol–water partition coefficient (Wildman–Crippen LogP) is 1.67. The summed E-state index contributed by atoms with van der Waals surface area (Å²) >= 11 is 0. The van der Waals surface area contributed by atoms with E-state index < -0.39 is 5.97 Å². The van der Waals surface area contributed by atoms with Gasteiger partial charge in [0.05, 0.1) is 5.60 Å². The second-order valence-corrected chi connectivity index (χ2v) is 4.06. The quantitative estimate of drug-likeness (QED) is 0.689. The molecular formula is C9H16O3. The van der Waals surface area contributed by atoms with E-state index in [1.54, 1.807) is 0 Å². The first-order chi connectivity index (χ1) is 5.49. The SMILES string of the molecule is CC1(C)C[C@@H](CC(=O)O)CCO1. The highest BCUT2D eigenvalue weighted by Crippen LogP contribution is 2.30. The van der Waals surface area contributed by atoms with Gasteiger partial charge in [-0.3, -0.25) is 4.79 Å². The lowest BCUT2D eigenvalue weighted by Crippen LogP contribution is -2.34. The zero-order valence-corrected chi connectivity index (χ0v) is 7.67. The molecule has 1 atom stereocenters. The Hall–Kier alpha value is -0.570. The number of carboxylic acid groups (broad SMARTS) is 1. The van der Waals surface area contributed by atoms with Gasteiger partial charge < -0.3 is 9.84 Å². The van der Waals surface area contributed by atoms with Crippen LogP contribution in [0.3, 0.4) is 0 Å². The van der Waals surface area contributed by atoms with Crippen molar-refractivity contribution in [3.8, 4) is 0 Å². The number of ether oxygens (including phenoxy) is 1. The number of aliphatic carboxylic acids is 1. The minimum atomic E-state index is -0.697. The van der Waals surface area contributed by atoms with E-state index >= 15 is 0 Å². The molecule has 0 saturated carbocycles. The van der Waals surface area contributed by atoms with E-state index in [2.05, 4.69) is 0 Å². The topological polar surface area (TPSA) is 46.5 Å². The molecule has 0 radical (unpaired) electrons. The van der Waals surface area contributed by atoms with Crippen LogP contribution in [0.25, 0.3) is 0 Å². The van der Waals surface area contributed by atoms with Crippen LogP contribution in [-0.4, -0.2) is 23.3 Å². The Morgan fingerprint density at radius 2 is 2.33 bits per heavy atom. The molecule has 0 amide bonds. The molecular weight excluding hydrogens is 156 g/mol.